The normalized spacial score (nSPS) is 11.4. The number of carbonyl (C=O) groups is 3. The van der Waals surface area contributed by atoms with Crippen LogP contribution in [0.1, 0.15) is 24.1 Å². The minimum absolute atomic E-state index is 0.114. The molecule has 0 spiro atoms. The molecule has 0 saturated carbocycles. The molecule has 8 heteroatoms. The first kappa shape index (κ1) is 23.2. The molecular weight excluding hydrogens is 420 g/mol. The smallest absolute Gasteiger partial charge is 0.329 e. The van der Waals surface area contributed by atoms with Gasteiger partial charge < -0.3 is 15.4 Å². The molecule has 33 heavy (non-hydrogen) atoms. The molecule has 8 nitrogen and oxygen atoms in total. The van der Waals surface area contributed by atoms with Crippen molar-refractivity contribution in [2.45, 2.75) is 13.0 Å². The number of hydrogen-bond acceptors (Lipinski definition) is 5. The highest BCUT2D eigenvalue weighted by Crippen LogP contribution is 2.13. The standard InChI is InChI=1S/C25H24N4O4/c1-18(20-8-4-2-5-9-20)27-23(30)17-33-22-14-12-19(13-15-22)16-26-29-25(32)24(31)28-21-10-6-3-7-11-21/h2-16,18H,17H2,1H3,(H,27,30)(H,28,31)(H,29,32)/b26-16-/t18-/m1/s1. The summed E-state index contributed by atoms with van der Waals surface area (Å²) in [7, 11) is 0. The average molecular weight is 444 g/mol. The summed E-state index contributed by atoms with van der Waals surface area (Å²) in [6, 6.07) is 25.0. The van der Waals surface area contributed by atoms with Crippen molar-refractivity contribution >= 4 is 29.6 Å². The van der Waals surface area contributed by atoms with Crippen molar-refractivity contribution < 1.29 is 19.1 Å². The third-order valence-corrected chi connectivity index (χ3v) is 4.54. The van der Waals surface area contributed by atoms with E-state index in [2.05, 4.69) is 21.2 Å². The molecule has 0 fully saturated rings. The van der Waals surface area contributed by atoms with E-state index in [1.807, 2.05) is 37.3 Å². The molecule has 0 aliphatic heterocycles. The second kappa shape index (κ2) is 11.8. The molecule has 0 aromatic heterocycles. The Labute approximate surface area is 191 Å². The van der Waals surface area contributed by atoms with E-state index in [1.165, 1.54) is 6.21 Å². The van der Waals surface area contributed by atoms with Gasteiger partial charge in [0.25, 0.3) is 5.91 Å². The van der Waals surface area contributed by atoms with Crippen molar-refractivity contribution in [2.24, 2.45) is 5.10 Å². The number of nitrogens with zero attached hydrogens (tertiary/aromatic N) is 1. The Balaban J connectivity index is 1.41. The van der Waals surface area contributed by atoms with Crippen LogP contribution in [0.15, 0.2) is 90.0 Å². The van der Waals surface area contributed by atoms with Gasteiger partial charge in [0, 0.05) is 5.69 Å². The van der Waals surface area contributed by atoms with Gasteiger partial charge in [-0.3, -0.25) is 14.4 Å². The van der Waals surface area contributed by atoms with Crippen LogP contribution >= 0.6 is 0 Å². The highest BCUT2D eigenvalue weighted by atomic mass is 16.5. The Kier molecular flexibility index (Phi) is 8.30. The number of anilines is 1. The van der Waals surface area contributed by atoms with Crippen LogP contribution in [-0.2, 0) is 14.4 Å². The molecule has 0 aliphatic carbocycles. The molecule has 3 aromatic rings. The molecule has 0 bridgehead atoms. The lowest BCUT2D eigenvalue weighted by atomic mass is 10.1. The maximum atomic E-state index is 12.1. The SMILES string of the molecule is C[C@@H](NC(=O)COc1ccc(/C=N\NC(=O)C(=O)Nc2ccccc2)cc1)c1ccccc1. The Morgan fingerprint density at radius 1 is 0.879 bits per heavy atom. The first-order chi connectivity index (χ1) is 16.0. The van der Waals surface area contributed by atoms with Crippen LogP contribution < -0.4 is 20.8 Å². The van der Waals surface area contributed by atoms with Gasteiger partial charge in [-0.2, -0.15) is 5.10 Å². The van der Waals surface area contributed by atoms with Crippen molar-refractivity contribution in [1.29, 1.82) is 0 Å². The van der Waals surface area contributed by atoms with Gasteiger partial charge in [-0.05, 0) is 54.4 Å². The number of hydrazone groups is 1. The second-order valence-corrected chi connectivity index (χ2v) is 7.08. The number of hydrogen-bond donors (Lipinski definition) is 3. The lowest BCUT2D eigenvalue weighted by molar-refractivity contribution is -0.136. The first-order valence-electron chi connectivity index (χ1n) is 10.3. The fourth-order valence-electron chi connectivity index (χ4n) is 2.83. The third-order valence-electron chi connectivity index (χ3n) is 4.54. The zero-order valence-corrected chi connectivity index (χ0v) is 18.0. The molecule has 3 amide bonds. The molecule has 1 atom stereocenters. The predicted octanol–water partition coefficient (Wildman–Crippen LogP) is 3.03. The van der Waals surface area contributed by atoms with Gasteiger partial charge in [0.1, 0.15) is 5.75 Å². The Morgan fingerprint density at radius 2 is 1.52 bits per heavy atom. The van der Waals surface area contributed by atoms with Crippen LogP contribution in [0.5, 0.6) is 5.75 Å². The molecule has 168 valence electrons. The number of ether oxygens (including phenoxy) is 1. The number of benzene rings is 3. The lowest BCUT2D eigenvalue weighted by Crippen LogP contribution is -2.32. The Bertz CT molecular complexity index is 1100. The summed E-state index contributed by atoms with van der Waals surface area (Å²) in [6.45, 7) is 1.79. The van der Waals surface area contributed by atoms with Gasteiger partial charge in [-0.15, -0.1) is 0 Å². The summed E-state index contributed by atoms with van der Waals surface area (Å²) in [5.74, 6) is -1.41. The molecule has 0 unspecified atom stereocenters. The number of nitrogens with one attached hydrogen (secondary N) is 3. The van der Waals surface area contributed by atoms with E-state index >= 15 is 0 Å². The highest BCUT2D eigenvalue weighted by molar-refractivity contribution is 6.39. The van der Waals surface area contributed by atoms with E-state index in [9.17, 15) is 14.4 Å². The Hall–Kier alpha value is -4.46. The van der Waals surface area contributed by atoms with E-state index in [1.54, 1.807) is 54.6 Å². The van der Waals surface area contributed by atoms with Gasteiger partial charge in [0.15, 0.2) is 6.61 Å². The van der Waals surface area contributed by atoms with Gasteiger partial charge >= 0.3 is 11.8 Å². The van der Waals surface area contributed by atoms with E-state index in [0.29, 0.717) is 17.0 Å². The number of amides is 3. The highest BCUT2D eigenvalue weighted by Gasteiger charge is 2.12. The molecule has 3 rings (SSSR count). The summed E-state index contributed by atoms with van der Waals surface area (Å²) in [4.78, 5) is 35.8. The summed E-state index contributed by atoms with van der Waals surface area (Å²) >= 11 is 0. The van der Waals surface area contributed by atoms with Crippen LogP contribution in [0.4, 0.5) is 5.69 Å². The summed E-state index contributed by atoms with van der Waals surface area (Å²) in [6.07, 6.45) is 1.39. The zero-order valence-electron chi connectivity index (χ0n) is 18.0. The maximum absolute atomic E-state index is 12.1. The summed E-state index contributed by atoms with van der Waals surface area (Å²) in [5.41, 5.74) is 4.37. The van der Waals surface area contributed by atoms with Crippen molar-refractivity contribution in [3.8, 4) is 5.75 Å². The minimum atomic E-state index is -0.884. The summed E-state index contributed by atoms with van der Waals surface area (Å²) < 4.78 is 5.51. The average Bonchev–Trinajstić information content (AvgIpc) is 2.84. The fourth-order valence-corrected chi connectivity index (χ4v) is 2.83. The zero-order chi connectivity index (χ0) is 23.5. The van der Waals surface area contributed by atoms with Gasteiger partial charge in [0.2, 0.25) is 0 Å². The van der Waals surface area contributed by atoms with Crippen LogP contribution in [-0.4, -0.2) is 30.5 Å². The lowest BCUT2D eigenvalue weighted by Gasteiger charge is -2.14. The molecule has 0 radical (unpaired) electrons. The molecule has 3 N–H and O–H groups in total. The number of carbonyl (C=O) groups excluding carboxylic acids is 3. The minimum Gasteiger partial charge on any atom is -0.484 e. The van der Waals surface area contributed by atoms with E-state index in [4.69, 9.17) is 4.74 Å². The fraction of sp³-hybridized carbons (Fsp3) is 0.120. The predicted molar refractivity (Wildman–Crippen MR) is 126 cm³/mol. The topological polar surface area (TPSA) is 109 Å². The molecular formula is C25H24N4O4. The third kappa shape index (κ3) is 7.62. The number of para-hydroxylation sites is 1. The molecule has 3 aromatic carbocycles. The van der Waals surface area contributed by atoms with Crippen molar-refractivity contribution in [2.75, 3.05) is 11.9 Å². The maximum Gasteiger partial charge on any atom is 0.329 e. The van der Waals surface area contributed by atoms with Crippen molar-refractivity contribution in [1.82, 2.24) is 10.7 Å². The van der Waals surface area contributed by atoms with E-state index < -0.39 is 11.8 Å². The van der Waals surface area contributed by atoms with E-state index in [-0.39, 0.29) is 18.6 Å². The molecule has 0 saturated heterocycles. The quantitative estimate of drug-likeness (QED) is 0.282. The van der Waals surface area contributed by atoms with Crippen molar-refractivity contribution in [3.63, 3.8) is 0 Å². The monoisotopic (exact) mass is 444 g/mol. The largest absolute Gasteiger partial charge is 0.484 e. The Morgan fingerprint density at radius 3 is 2.18 bits per heavy atom. The van der Waals surface area contributed by atoms with Crippen LogP contribution in [0.25, 0.3) is 0 Å². The van der Waals surface area contributed by atoms with Gasteiger partial charge in [0.05, 0.1) is 12.3 Å². The van der Waals surface area contributed by atoms with Gasteiger partial charge in [-0.1, -0.05) is 48.5 Å². The van der Waals surface area contributed by atoms with Gasteiger partial charge in [-0.25, -0.2) is 5.43 Å². The van der Waals surface area contributed by atoms with Crippen LogP contribution in [0.3, 0.4) is 0 Å². The van der Waals surface area contributed by atoms with Crippen molar-refractivity contribution in [3.05, 3.63) is 96.1 Å². The second-order valence-electron chi connectivity index (χ2n) is 7.08. The molecule has 0 aliphatic rings. The van der Waals surface area contributed by atoms with Crippen LogP contribution in [0.2, 0.25) is 0 Å². The van der Waals surface area contributed by atoms with Crippen LogP contribution in [0, 0.1) is 0 Å². The first-order valence-corrected chi connectivity index (χ1v) is 10.3. The number of rotatable bonds is 8. The molecule has 0 heterocycles. The van der Waals surface area contributed by atoms with E-state index in [0.717, 1.165) is 5.56 Å². The summed E-state index contributed by atoms with van der Waals surface area (Å²) in [5, 5.41) is 9.13.